The molecule has 0 saturated heterocycles. The lowest BCUT2D eigenvalue weighted by atomic mass is 9.95. The zero-order valence-electron chi connectivity index (χ0n) is 17.1. The van der Waals surface area contributed by atoms with Crippen molar-refractivity contribution in [2.45, 2.75) is 6.92 Å². The summed E-state index contributed by atoms with van der Waals surface area (Å²) >= 11 is 0. The molecule has 162 valence electrons. The van der Waals surface area contributed by atoms with Crippen molar-refractivity contribution >= 4 is 48.0 Å². The number of carboxylic acid groups (broad SMARTS) is 3. The molecule has 2 aromatic carbocycles. The third-order valence-corrected chi connectivity index (χ3v) is 4.05. The predicted octanol–water partition coefficient (Wildman–Crippen LogP) is 4.25. The first-order valence-corrected chi connectivity index (χ1v) is 9.34. The molecule has 32 heavy (non-hydrogen) atoms. The molecule has 0 aromatic heterocycles. The highest BCUT2D eigenvalue weighted by atomic mass is 16.4. The van der Waals surface area contributed by atoms with E-state index >= 15 is 0 Å². The summed E-state index contributed by atoms with van der Waals surface area (Å²) in [6, 6.07) is 10.3. The summed E-state index contributed by atoms with van der Waals surface area (Å²) in [6.07, 6.45) is 10.1. The molecule has 0 aliphatic heterocycles. The van der Waals surface area contributed by atoms with Crippen molar-refractivity contribution in [3.63, 3.8) is 0 Å². The van der Waals surface area contributed by atoms with Crippen molar-refractivity contribution in [3.8, 4) is 11.1 Å². The fraction of sp³-hybridized carbons (Fsp3) is 0.0400. The summed E-state index contributed by atoms with van der Waals surface area (Å²) in [5.74, 6) is -3.52. The van der Waals surface area contributed by atoms with Crippen molar-refractivity contribution in [1.82, 2.24) is 0 Å². The second-order valence-corrected chi connectivity index (χ2v) is 6.74. The van der Waals surface area contributed by atoms with Gasteiger partial charge in [0.25, 0.3) is 0 Å². The topological polar surface area (TPSA) is 129 Å². The summed E-state index contributed by atoms with van der Waals surface area (Å²) in [6.45, 7) is 1.41. The zero-order chi connectivity index (χ0) is 23.7. The zero-order valence-corrected chi connectivity index (χ0v) is 17.1. The molecule has 0 bridgehead atoms. The molecule has 0 amide bonds. The maximum atomic E-state index is 11.3. The molecule has 2 rings (SSSR count). The van der Waals surface area contributed by atoms with Crippen molar-refractivity contribution in [2.24, 2.45) is 0 Å². The third kappa shape index (κ3) is 8.08. The molecule has 7 heteroatoms. The van der Waals surface area contributed by atoms with E-state index in [0.29, 0.717) is 33.4 Å². The van der Waals surface area contributed by atoms with Gasteiger partial charge in [-0.3, -0.25) is 4.79 Å². The van der Waals surface area contributed by atoms with Gasteiger partial charge in [-0.15, -0.1) is 0 Å². The number of allylic oxidation sites excluding steroid dienone is 1. The fourth-order valence-electron chi connectivity index (χ4n) is 2.79. The Kier molecular flexibility index (Phi) is 8.19. The van der Waals surface area contributed by atoms with Gasteiger partial charge in [0.15, 0.2) is 5.78 Å². The monoisotopic (exact) mass is 432 g/mol. The van der Waals surface area contributed by atoms with E-state index in [1.54, 1.807) is 42.5 Å². The number of aliphatic carboxylic acids is 3. The number of carbonyl (C=O) groups excluding carboxylic acids is 1. The van der Waals surface area contributed by atoms with E-state index in [2.05, 4.69) is 0 Å². The van der Waals surface area contributed by atoms with Crippen LogP contribution in [0.25, 0.3) is 35.4 Å². The first-order chi connectivity index (χ1) is 15.1. The van der Waals surface area contributed by atoms with Gasteiger partial charge >= 0.3 is 17.9 Å². The highest BCUT2D eigenvalue weighted by molar-refractivity contribution is 5.92. The van der Waals surface area contributed by atoms with E-state index in [1.807, 2.05) is 0 Å². The molecule has 0 aliphatic rings. The van der Waals surface area contributed by atoms with E-state index in [1.165, 1.54) is 31.2 Å². The minimum absolute atomic E-state index is 0.153. The molecule has 0 unspecified atom stereocenters. The largest absolute Gasteiger partial charge is 0.478 e. The van der Waals surface area contributed by atoms with E-state index in [-0.39, 0.29) is 5.78 Å². The van der Waals surface area contributed by atoms with Crippen LogP contribution in [0.15, 0.2) is 60.7 Å². The van der Waals surface area contributed by atoms with Crippen LogP contribution in [0, 0.1) is 0 Å². The van der Waals surface area contributed by atoms with Gasteiger partial charge in [0.05, 0.1) is 0 Å². The number of rotatable bonds is 9. The van der Waals surface area contributed by atoms with Gasteiger partial charge in [-0.1, -0.05) is 6.08 Å². The summed E-state index contributed by atoms with van der Waals surface area (Å²) in [5, 5.41) is 26.8. The van der Waals surface area contributed by atoms with Gasteiger partial charge in [-0.2, -0.15) is 0 Å². The number of hydrogen-bond donors (Lipinski definition) is 3. The van der Waals surface area contributed by atoms with E-state index in [9.17, 15) is 19.2 Å². The maximum absolute atomic E-state index is 11.3. The second kappa shape index (κ2) is 11.0. The highest BCUT2D eigenvalue weighted by Gasteiger charge is 2.06. The van der Waals surface area contributed by atoms with Gasteiger partial charge in [-0.05, 0) is 101 Å². The van der Waals surface area contributed by atoms with Gasteiger partial charge in [0.1, 0.15) is 0 Å². The molecule has 0 saturated carbocycles. The average Bonchev–Trinajstić information content (AvgIpc) is 2.73. The van der Waals surface area contributed by atoms with Crippen LogP contribution in [0.5, 0.6) is 0 Å². The quantitative estimate of drug-likeness (QED) is 0.505. The van der Waals surface area contributed by atoms with Crippen LogP contribution in [0.1, 0.15) is 29.2 Å². The SMILES string of the molecule is CC(=O)/C=C/c1cc(/C=C/C(=O)O)cc(-c2cc(/C=C/C(=O)O)cc(/C=C/C(=O)O)c2)c1. The molecule has 0 fully saturated rings. The number of carbonyl (C=O) groups is 4. The Balaban J connectivity index is 2.68. The lowest BCUT2D eigenvalue weighted by molar-refractivity contribution is -0.132. The molecule has 0 spiro atoms. The number of hydrogen-bond acceptors (Lipinski definition) is 4. The molecule has 0 atom stereocenters. The number of ketones is 1. The van der Waals surface area contributed by atoms with Gasteiger partial charge in [0, 0.05) is 18.2 Å². The third-order valence-electron chi connectivity index (χ3n) is 4.05. The van der Waals surface area contributed by atoms with Gasteiger partial charge in [-0.25, -0.2) is 14.4 Å². The highest BCUT2D eigenvalue weighted by Crippen LogP contribution is 2.27. The van der Waals surface area contributed by atoms with Crippen molar-refractivity contribution in [2.75, 3.05) is 0 Å². The Bertz CT molecular complexity index is 1000. The van der Waals surface area contributed by atoms with Gasteiger partial charge in [0.2, 0.25) is 0 Å². The Morgan fingerprint density at radius 2 is 0.812 bits per heavy atom. The summed E-state index contributed by atoms with van der Waals surface area (Å²) in [7, 11) is 0. The van der Waals surface area contributed by atoms with Crippen molar-refractivity contribution in [3.05, 3.63) is 83.0 Å². The normalized spacial score (nSPS) is 11.7. The fourth-order valence-corrected chi connectivity index (χ4v) is 2.79. The van der Waals surface area contributed by atoms with Gasteiger partial charge < -0.3 is 15.3 Å². The second-order valence-electron chi connectivity index (χ2n) is 6.74. The Hall–Kier alpha value is -4.52. The lowest BCUT2D eigenvalue weighted by Gasteiger charge is -2.09. The summed E-state index contributed by atoms with van der Waals surface area (Å²) < 4.78 is 0. The Morgan fingerprint density at radius 3 is 1.06 bits per heavy atom. The van der Waals surface area contributed by atoms with Crippen molar-refractivity contribution < 1.29 is 34.5 Å². The Labute approximate surface area is 184 Å². The smallest absolute Gasteiger partial charge is 0.328 e. The van der Waals surface area contributed by atoms with Crippen LogP contribution in [0.3, 0.4) is 0 Å². The first-order valence-electron chi connectivity index (χ1n) is 9.34. The minimum Gasteiger partial charge on any atom is -0.478 e. The average molecular weight is 432 g/mol. The van der Waals surface area contributed by atoms with Crippen molar-refractivity contribution in [1.29, 1.82) is 0 Å². The number of benzene rings is 2. The summed E-state index contributed by atoms with van der Waals surface area (Å²) in [4.78, 5) is 44.0. The molecule has 0 heterocycles. The summed E-state index contributed by atoms with van der Waals surface area (Å²) in [5.41, 5.74) is 3.59. The standard InChI is InChI=1S/C25H20O7/c1-16(26)2-3-17-10-18(4-7-23(27)28)13-21(12-17)22-14-19(5-8-24(29)30)11-20(15-22)6-9-25(31)32/h2-15H,1H3,(H,27,28)(H,29,30)(H,31,32)/b3-2+,7-4+,8-5+,9-6+. The van der Waals surface area contributed by atoms with E-state index < -0.39 is 17.9 Å². The maximum Gasteiger partial charge on any atom is 0.328 e. The first kappa shape index (κ1) is 23.8. The number of carboxylic acids is 3. The van der Waals surface area contributed by atoms with E-state index in [0.717, 1.165) is 18.2 Å². The van der Waals surface area contributed by atoms with E-state index in [4.69, 9.17) is 15.3 Å². The minimum atomic E-state index is -1.13. The molecular weight excluding hydrogens is 412 g/mol. The molecule has 2 aromatic rings. The van der Waals surface area contributed by atoms with Crippen LogP contribution in [0.4, 0.5) is 0 Å². The predicted molar refractivity (Wildman–Crippen MR) is 122 cm³/mol. The van der Waals surface area contributed by atoms with Crippen LogP contribution >= 0.6 is 0 Å². The Morgan fingerprint density at radius 1 is 0.531 bits per heavy atom. The molecule has 3 N–H and O–H groups in total. The van der Waals surface area contributed by atoms with Crippen LogP contribution in [-0.2, 0) is 19.2 Å². The molecule has 7 nitrogen and oxygen atoms in total. The molecule has 0 radical (unpaired) electrons. The lowest BCUT2D eigenvalue weighted by Crippen LogP contribution is -1.90. The molecule has 0 aliphatic carbocycles. The van der Waals surface area contributed by atoms with Crippen LogP contribution < -0.4 is 0 Å². The molecular formula is C25H20O7. The van der Waals surface area contributed by atoms with Crippen LogP contribution in [0.2, 0.25) is 0 Å². The van der Waals surface area contributed by atoms with Crippen LogP contribution in [-0.4, -0.2) is 39.0 Å².